The molecule has 0 radical (unpaired) electrons. The van der Waals surface area contributed by atoms with Crippen LogP contribution in [0.3, 0.4) is 0 Å². The Labute approximate surface area is 137 Å². The van der Waals surface area contributed by atoms with Crippen LogP contribution >= 0.6 is 24.0 Å². The normalized spacial score (nSPS) is 15.5. The molecule has 1 amide bonds. The minimum Gasteiger partial charge on any atom is -0.483 e. The molecule has 1 aliphatic heterocycles. The Morgan fingerprint density at radius 3 is 2.71 bits per heavy atom. The predicted molar refractivity (Wildman–Crippen MR) is 87.6 cm³/mol. The summed E-state index contributed by atoms with van der Waals surface area (Å²) in [4.78, 5) is 14.0. The highest BCUT2D eigenvalue weighted by Crippen LogP contribution is 2.25. The number of carbonyl (C=O) groups is 1. The first kappa shape index (κ1) is 18.1. The number of amides is 1. The van der Waals surface area contributed by atoms with E-state index in [4.69, 9.17) is 16.3 Å². The molecule has 0 saturated carbocycles. The van der Waals surface area contributed by atoms with E-state index in [0.717, 1.165) is 31.5 Å². The van der Waals surface area contributed by atoms with Crippen molar-refractivity contribution in [3.8, 4) is 5.75 Å². The van der Waals surface area contributed by atoms with Gasteiger partial charge < -0.3 is 15.0 Å². The fourth-order valence-corrected chi connectivity index (χ4v) is 2.56. The molecule has 4 nitrogen and oxygen atoms in total. The maximum atomic E-state index is 12.1. The van der Waals surface area contributed by atoms with Gasteiger partial charge in [0.25, 0.3) is 5.91 Å². The van der Waals surface area contributed by atoms with E-state index in [1.54, 1.807) is 0 Å². The molecule has 21 heavy (non-hydrogen) atoms. The molecule has 0 spiro atoms. The number of nitrogens with one attached hydrogen (secondary N) is 1. The lowest BCUT2D eigenvalue weighted by Gasteiger charge is -2.31. The van der Waals surface area contributed by atoms with Gasteiger partial charge >= 0.3 is 0 Å². The first-order chi connectivity index (χ1) is 9.61. The van der Waals surface area contributed by atoms with E-state index >= 15 is 0 Å². The summed E-state index contributed by atoms with van der Waals surface area (Å²) in [6.07, 6.45) is 2.00. The van der Waals surface area contributed by atoms with Gasteiger partial charge in [-0.15, -0.1) is 12.4 Å². The van der Waals surface area contributed by atoms with Gasteiger partial charge in [0.15, 0.2) is 6.61 Å². The summed E-state index contributed by atoms with van der Waals surface area (Å²) in [5.74, 6) is 0.717. The summed E-state index contributed by atoms with van der Waals surface area (Å²) >= 11 is 6.03. The Morgan fingerprint density at radius 1 is 1.43 bits per heavy atom. The third-order valence-electron chi connectivity index (χ3n) is 3.83. The summed E-state index contributed by atoms with van der Waals surface area (Å²) in [6.45, 7) is 3.55. The van der Waals surface area contributed by atoms with Crippen molar-refractivity contribution < 1.29 is 9.53 Å². The van der Waals surface area contributed by atoms with Crippen molar-refractivity contribution in [1.82, 2.24) is 10.2 Å². The number of likely N-dealkylation sites (tertiary alicyclic amines) is 1. The standard InChI is InChI=1S/C15H21ClN2O2.ClH/c1-11-13(16)4-3-5-14(11)20-10-15(19)18-8-6-12(17-2)7-9-18;/h3-5,12,17H,6-10H2,1-2H3;1H. The largest absolute Gasteiger partial charge is 0.483 e. The van der Waals surface area contributed by atoms with Gasteiger partial charge in [-0.2, -0.15) is 0 Å². The van der Waals surface area contributed by atoms with Gasteiger partial charge in [0, 0.05) is 29.7 Å². The van der Waals surface area contributed by atoms with Crippen LogP contribution in [-0.4, -0.2) is 43.6 Å². The van der Waals surface area contributed by atoms with Crippen LogP contribution in [0.2, 0.25) is 5.02 Å². The van der Waals surface area contributed by atoms with Crippen LogP contribution in [-0.2, 0) is 4.79 Å². The summed E-state index contributed by atoms with van der Waals surface area (Å²) in [5.41, 5.74) is 0.871. The molecule has 1 N–H and O–H groups in total. The number of hydrogen-bond acceptors (Lipinski definition) is 3. The molecule has 2 rings (SSSR count). The topological polar surface area (TPSA) is 41.6 Å². The Hall–Kier alpha value is -0.970. The molecular weight excluding hydrogens is 311 g/mol. The first-order valence-corrected chi connectivity index (χ1v) is 7.32. The molecule has 0 bridgehead atoms. The summed E-state index contributed by atoms with van der Waals surface area (Å²) in [5, 5.41) is 3.91. The van der Waals surface area contributed by atoms with Crippen molar-refractivity contribution in [1.29, 1.82) is 0 Å². The first-order valence-electron chi connectivity index (χ1n) is 6.94. The lowest BCUT2D eigenvalue weighted by Crippen LogP contribution is -2.45. The minimum absolute atomic E-state index is 0. The molecule has 0 aromatic heterocycles. The number of hydrogen-bond donors (Lipinski definition) is 1. The average Bonchev–Trinajstić information content (AvgIpc) is 2.48. The summed E-state index contributed by atoms with van der Waals surface area (Å²) in [7, 11) is 1.97. The molecule has 1 aromatic rings. The van der Waals surface area contributed by atoms with Crippen molar-refractivity contribution in [3.63, 3.8) is 0 Å². The molecular formula is C15H22Cl2N2O2. The zero-order valence-electron chi connectivity index (χ0n) is 12.4. The van der Waals surface area contributed by atoms with Gasteiger partial charge in [0.1, 0.15) is 5.75 Å². The van der Waals surface area contributed by atoms with Crippen LogP contribution in [0.15, 0.2) is 18.2 Å². The third-order valence-corrected chi connectivity index (χ3v) is 4.23. The van der Waals surface area contributed by atoms with E-state index in [0.29, 0.717) is 16.8 Å². The smallest absolute Gasteiger partial charge is 0.260 e. The third kappa shape index (κ3) is 4.77. The molecule has 1 fully saturated rings. The van der Waals surface area contributed by atoms with Crippen molar-refractivity contribution in [2.45, 2.75) is 25.8 Å². The van der Waals surface area contributed by atoms with Gasteiger partial charge in [0.05, 0.1) is 0 Å². The Balaban J connectivity index is 0.00000220. The second-order valence-electron chi connectivity index (χ2n) is 5.10. The van der Waals surface area contributed by atoms with Gasteiger partial charge in [-0.05, 0) is 38.9 Å². The van der Waals surface area contributed by atoms with Crippen molar-refractivity contribution in [3.05, 3.63) is 28.8 Å². The lowest BCUT2D eigenvalue weighted by atomic mass is 10.1. The van der Waals surface area contributed by atoms with Crippen LogP contribution in [0.5, 0.6) is 5.75 Å². The second kappa shape index (κ2) is 8.47. The Kier molecular flexibility index (Phi) is 7.29. The highest BCUT2D eigenvalue weighted by atomic mass is 35.5. The molecule has 1 aliphatic rings. The quantitative estimate of drug-likeness (QED) is 0.921. The monoisotopic (exact) mass is 332 g/mol. The van der Waals surface area contributed by atoms with E-state index in [2.05, 4.69) is 5.32 Å². The van der Waals surface area contributed by atoms with Crippen LogP contribution in [0.1, 0.15) is 18.4 Å². The Bertz CT molecular complexity index is 475. The van der Waals surface area contributed by atoms with Gasteiger partial charge in [0.2, 0.25) is 0 Å². The van der Waals surface area contributed by atoms with E-state index in [1.807, 2.05) is 37.1 Å². The number of nitrogens with zero attached hydrogens (tertiary/aromatic N) is 1. The molecule has 0 aliphatic carbocycles. The van der Waals surface area contributed by atoms with Gasteiger partial charge in [-0.1, -0.05) is 17.7 Å². The summed E-state index contributed by atoms with van der Waals surface area (Å²) < 4.78 is 5.59. The number of piperidine rings is 1. The lowest BCUT2D eigenvalue weighted by molar-refractivity contribution is -0.134. The number of ether oxygens (including phenoxy) is 1. The molecule has 118 valence electrons. The van der Waals surface area contributed by atoms with Crippen molar-refractivity contribution in [2.75, 3.05) is 26.7 Å². The van der Waals surface area contributed by atoms with Gasteiger partial charge in [-0.25, -0.2) is 0 Å². The van der Waals surface area contributed by atoms with Crippen molar-refractivity contribution in [2.24, 2.45) is 0 Å². The van der Waals surface area contributed by atoms with Gasteiger partial charge in [-0.3, -0.25) is 4.79 Å². The minimum atomic E-state index is 0. The van der Waals surface area contributed by atoms with E-state index < -0.39 is 0 Å². The van der Waals surface area contributed by atoms with E-state index in [-0.39, 0.29) is 24.9 Å². The van der Waals surface area contributed by atoms with E-state index in [1.165, 1.54) is 0 Å². The SMILES string of the molecule is CNC1CCN(C(=O)COc2cccc(Cl)c2C)CC1.Cl. The van der Waals surface area contributed by atoms with Crippen LogP contribution in [0.4, 0.5) is 0 Å². The number of rotatable bonds is 4. The highest BCUT2D eigenvalue weighted by molar-refractivity contribution is 6.31. The summed E-state index contributed by atoms with van der Waals surface area (Å²) in [6, 6.07) is 6.00. The number of halogens is 2. The maximum Gasteiger partial charge on any atom is 0.260 e. The van der Waals surface area contributed by atoms with E-state index in [9.17, 15) is 4.79 Å². The average molecular weight is 333 g/mol. The van der Waals surface area contributed by atoms with Crippen molar-refractivity contribution >= 4 is 29.9 Å². The fourth-order valence-electron chi connectivity index (χ4n) is 2.39. The number of carbonyl (C=O) groups excluding carboxylic acids is 1. The fraction of sp³-hybridized carbons (Fsp3) is 0.533. The van der Waals surface area contributed by atoms with Crippen LogP contribution in [0.25, 0.3) is 0 Å². The molecule has 0 unspecified atom stereocenters. The molecule has 0 atom stereocenters. The molecule has 1 saturated heterocycles. The van der Waals surface area contributed by atoms with Crippen LogP contribution in [0, 0.1) is 6.92 Å². The zero-order chi connectivity index (χ0) is 14.5. The zero-order valence-corrected chi connectivity index (χ0v) is 14.0. The predicted octanol–water partition coefficient (Wildman–Crippen LogP) is 2.66. The Morgan fingerprint density at radius 2 is 2.10 bits per heavy atom. The van der Waals surface area contributed by atoms with Crippen LogP contribution < -0.4 is 10.1 Å². The molecule has 1 aromatic carbocycles. The molecule has 6 heteroatoms. The highest BCUT2D eigenvalue weighted by Gasteiger charge is 2.22. The number of benzene rings is 1. The maximum absolute atomic E-state index is 12.1. The second-order valence-corrected chi connectivity index (χ2v) is 5.50. The molecule has 1 heterocycles.